The molecule has 0 saturated heterocycles. The predicted molar refractivity (Wildman–Crippen MR) is 147 cm³/mol. The molecule has 41 heavy (non-hydrogen) atoms. The van der Waals surface area contributed by atoms with E-state index in [2.05, 4.69) is 5.10 Å². The summed E-state index contributed by atoms with van der Waals surface area (Å²) in [7, 11) is 0. The molecule has 0 aliphatic rings. The van der Waals surface area contributed by atoms with E-state index in [-0.39, 0.29) is 39.5 Å². The molecule has 0 fully saturated rings. The summed E-state index contributed by atoms with van der Waals surface area (Å²) in [5.41, 5.74) is -0.799. The first-order chi connectivity index (χ1) is 19.4. The van der Waals surface area contributed by atoms with Crippen LogP contribution in [0.5, 0.6) is 5.75 Å². The largest absolute Gasteiger partial charge is 0.478 e. The minimum atomic E-state index is -4.68. The van der Waals surface area contributed by atoms with Crippen molar-refractivity contribution in [1.82, 2.24) is 9.78 Å². The molecule has 5 nitrogen and oxygen atoms in total. The van der Waals surface area contributed by atoms with Crippen LogP contribution in [0.4, 0.5) is 17.6 Å². The molecule has 5 rings (SSSR count). The first-order valence-corrected chi connectivity index (χ1v) is 12.9. The molecule has 0 radical (unpaired) electrons. The Kier molecular flexibility index (Phi) is 7.25. The SMILES string of the molecule is Cc1ccc(C(C)(Oc2cccc(-c3c4cccc(C(F)(F)F)c4nn3Cc3ccc(Cl)cc3F)c2)C(=O)O)cc1. The van der Waals surface area contributed by atoms with Gasteiger partial charge in [-0.1, -0.05) is 71.8 Å². The Morgan fingerprint density at radius 2 is 1.71 bits per heavy atom. The fourth-order valence-corrected chi connectivity index (χ4v) is 4.81. The first-order valence-electron chi connectivity index (χ1n) is 12.5. The molecule has 1 heterocycles. The van der Waals surface area contributed by atoms with Gasteiger partial charge in [0, 0.05) is 27.1 Å². The Labute approximate surface area is 237 Å². The summed E-state index contributed by atoms with van der Waals surface area (Å²) in [4.78, 5) is 12.4. The van der Waals surface area contributed by atoms with Gasteiger partial charge in [0.2, 0.25) is 5.60 Å². The van der Waals surface area contributed by atoms with Crippen molar-refractivity contribution in [2.45, 2.75) is 32.2 Å². The normalized spacial score (nSPS) is 13.2. The van der Waals surface area contributed by atoms with Gasteiger partial charge >= 0.3 is 12.1 Å². The highest BCUT2D eigenvalue weighted by Gasteiger charge is 2.38. The number of aryl methyl sites for hydroxylation is 1. The quantitative estimate of drug-likeness (QED) is 0.196. The van der Waals surface area contributed by atoms with Gasteiger partial charge in [-0.25, -0.2) is 9.18 Å². The number of nitrogens with zero attached hydrogens (tertiary/aromatic N) is 2. The van der Waals surface area contributed by atoms with E-state index in [4.69, 9.17) is 16.3 Å². The van der Waals surface area contributed by atoms with Crippen LogP contribution in [0.25, 0.3) is 22.2 Å². The Bertz CT molecular complexity index is 1770. The summed E-state index contributed by atoms with van der Waals surface area (Å²) in [5.74, 6) is -1.69. The number of alkyl halides is 3. The summed E-state index contributed by atoms with van der Waals surface area (Å²) in [6.45, 7) is 3.11. The van der Waals surface area contributed by atoms with Crippen LogP contribution in [0.1, 0.15) is 29.2 Å². The van der Waals surface area contributed by atoms with Gasteiger partial charge in [0.05, 0.1) is 17.8 Å². The molecule has 0 bridgehead atoms. The average molecular weight is 583 g/mol. The first kappa shape index (κ1) is 28.2. The smallest absolute Gasteiger partial charge is 0.418 e. The van der Waals surface area contributed by atoms with Crippen molar-refractivity contribution in [2.75, 3.05) is 0 Å². The van der Waals surface area contributed by atoms with Gasteiger partial charge in [-0.05, 0) is 44.2 Å². The van der Waals surface area contributed by atoms with E-state index in [0.717, 1.165) is 17.7 Å². The maximum absolute atomic E-state index is 14.7. The van der Waals surface area contributed by atoms with Gasteiger partial charge in [0.1, 0.15) is 17.1 Å². The highest BCUT2D eigenvalue weighted by molar-refractivity contribution is 6.30. The Balaban J connectivity index is 1.65. The molecule has 10 heteroatoms. The van der Waals surface area contributed by atoms with Gasteiger partial charge in [-0.15, -0.1) is 0 Å². The molecule has 5 aromatic rings. The number of carboxylic acids is 1. The number of halogens is 5. The number of ether oxygens (including phenoxy) is 1. The van der Waals surface area contributed by atoms with E-state index in [1.807, 2.05) is 6.92 Å². The van der Waals surface area contributed by atoms with Crippen LogP contribution in [0.15, 0.2) is 84.9 Å². The van der Waals surface area contributed by atoms with E-state index in [1.165, 1.54) is 41.9 Å². The molecule has 1 N–H and O–H groups in total. The second-order valence-electron chi connectivity index (χ2n) is 9.78. The van der Waals surface area contributed by atoms with E-state index < -0.39 is 29.1 Å². The number of fused-ring (bicyclic) bond motifs is 1. The molecule has 0 spiro atoms. The summed E-state index contributed by atoms with van der Waals surface area (Å²) >= 11 is 5.88. The minimum Gasteiger partial charge on any atom is -0.478 e. The van der Waals surface area contributed by atoms with Crippen LogP contribution in [0, 0.1) is 12.7 Å². The molecule has 1 atom stereocenters. The lowest BCUT2D eigenvalue weighted by Gasteiger charge is -2.27. The fourth-order valence-electron chi connectivity index (χ4n) is 4.65. The number of hydrogen-bond donors (Lipinski definition) is 1. The van der Waals surface area contributed by atoms with Gasteiger partial charge in [-0.3, -0.25) is 4.68 Å². The van der Waals surface area contributed by atoms with E-state index in [9.17, 15) is 27.5 Å². The number of benzene rings is 4. The van der Waals surface area contributed by atoms with Gasteiger partial charge < -0.3 is 9.84 Å². The number of aliphatic carboxylic acids is 1. The fraction of sp³-hybridized carbons (Fsp3) is 0.161. The third-order valence-electron chi connectivity index (χ3n) is 6.85. The zero-order valence-corrected chi connectivity index (χ0v) is 22.6. The number of aromatic nitrogens is 2. The summed E-state index contributed by atoms with van der Waals surface area (Å²) < 4.78 is 63.8. The molecule has 210 valence electrons. The molecule has 0 saturated carbocycles. The molecule has 0 amide bonds. The lowest BCUT2D eigenvalue weighted by molar-refractivity contribution is -0.154. The van der Waals surface area contributed by atoms with Crippen molar-refractivity contribution in [2.24, 2.45) is 0 Å². The second-order valence-corrected chi connectivity index (χ2v) is 10.2. The van der Waals surface area contributed by atoms with Crippen LogP contribution < -0.4 is 4.74 Å². The molecule has 0 aliphatic heterocycles. The number of hydrogen-bond acceptors (Lipinski definition) is 3. The van der Waals surface area contributed by atoms with Crippen molar-refractivity contribution < 1.29 is 32.2 Å². The van der Waals surface area contributed by atoms with Crippen molar-refractivity contribution in [3.63, 3.8) is 0 Å². The lowest BCUT2D eigenvalue weighted by Crippen LogP contribution is -2.38. The number of carbonyl (C=O) groups is 1. The third kappa shape index (κ3) is 5.50. The Hall–Kier alpha value is -4.37. The molecule has 1 aromatic heterocycles. The average Bonchev–Trinajstić information content (AvgIpc) is 3.28. The van der Waals surface area contributed by atoms with Gasteiger partial charge in [-0.2, -0.15) is 18.3 Å². The molecule has 0 aliphatic carbocycles. The van der Waals surface area contributed by atoms with E-state index in [0.29, 0.717) is 11.1 Å². The maximum Gasteiger partial charge on any atom is 0.418 e. The van der Waals surface area contributed by atoms with E-state index in [1.54, 1.807) is 42.5 Å². The maximum atomic E-state index is 14.7. The van der Waals surface area contributed by atoms with Crippen molar-refractivity contribution >= 4 is 28.5 Å². The molecular formula is C31H23ClF4N2O3. The molecular weight excluding hydrogens is 560 g/mol. The third-order valence-corrected chi connectivity index (χ3v) is 7.09. The Morgan fingerprint density at radius 3 is 2.37 bits per heavy atom. The monoisotopic (exact) mass is 582 g/mol. The van der Waals surface area contributed by atoms with Crippen LogP contribution in [0.2, 0.25) is 5.02 Å². The number of carboxylic acid groups (broad SMARTS) is 1. The summed E-state index contributed by atoms with van der Waals surface area (Å²) in [5, 5.41) is 14.7. The molecule has 4 aromatic carbocycles. The Morgan fingerprint density at radius 1 is 1.00 bits per heavy atom. The summed E-state index contributed by atoms with van der Waals surface area (Å²) in [6, 6.07) is 21.0. The van der Waals surface area contributed by atoms with Crippen LogP contribution in [0.3, 0.4) is 0 Å². The molecule has 1 unspecified atom stereocenters. The zero-order chi connectivity index (χ0) is 29.5. The van der Waals surface area contributed by atoms with Crippen LogP contribution in [-0.4, -0.2) is 20.9 Å². The predicted octanol–water partition coefficient (Wildman–Crippen LogP) is 8.25. The van der Waals surface area contributed by atoms with E-state index >= 15 is 0 Å². The minimum absolute atomic E-state index is 0.165. The highest BCUT2D eigenvalue weighted by atomic mass is 35.5. The highest BCUT2D eigenvalue weighted by Crippen LogP contribution is 2.39. The topological polar surface area (TPSA) is 64.4 Å². The summed E-state index contributed by atoms with van der Waals surface area (Å²) in [6.07, 6.45) is -4.68. The van der Waals surface area contributed by atoms with Gasteiger partial charge in [0.15, 0.2) is 0 Å². The lowest BCUT2D eigenvalue weighted by atomic mass is 9.95. The van der Waals surface area contributed by atoms with Crippen LogP contribution >= 0.6 is 11.6 Å². The standard InChI is InChI=1S/C31H23ClF4N2O3/c1-18-9-12-21(13-10-18)30(2,29(39)40)41-23-6-3-5-19(15-23)28-24-7-4-8-25(31(34,35)36)27(24)37-38(28)17-20-11-14-22(32)16-26(20)33/h3-16H,17H2,1-2H3,(H,39,40). The van der Waals surface area contributed by atoms with Crippen LogP contribution in [-0.2, 0) is 23.1 Å². The zero-order valence-electron chi connectivity index (χ0n) is 21.8. The van der Waals surface area contributed by atoms with Gasteiger partial charge in [0.25, 0.3) is 0 Å². The van der Waals surface area contributed by atoms with Crippen molar-refractivity contribution in [3.05, 3.63) is 118 Å². The second kappa shape index (κ2) is 10.6. The van der Waals surface area contributed by atoms with Crippen molar-refractivity contribution in [1.29, 1.82) is 0 Å². The number of rotatable bonds is 7. The van der Waals surface area contributed by atoms with Crippen molar-refractivity contribution in [3.8, 4) is 17.0 Å².